The highest BCUT2D eigenvalue weighted by Crippen LogP contribution is 2.21. The SMILES string of the molecule is CC(N[C@H](CO)c1ccccc1)c1ccc(OCC#N)cc1. The highest BCUT2D eigenvalue weighted by Gasteiger charge is 2.14. The molecule has 0 aliphatic carbocycles. The van der Waals surface area contributed by atoms with Gasteiger partial charge in [0.1, 0.15) is 11.8 Å². The Morgan fingerprint density at radius 3 is 2.36 bits per heavy atom. The number of benzene rings is 2. The van der Waals surface area contributed by atoms with Crippen molar-refractivity contribution in [1.82, 2.24) is 5.32 Å². The Hall–Kier alpha value is -2.35. The van der Waals surface area contributed by atoms with Gasteiger partial charge < -0.3 is 15.2 Å². The molecule has 2 aromatic rings. The van der Waals surface area contributed by atoms with E-state index in [1.54, 1.807) is 0 Å². The molecule has 0 radical (unpaired) electrons. The lowest BCUT2D eigenvalue weighted by Crippen LogP contribution is -2.27. The zero-order chi connectivity index (χ0) is 15.8. The van der Waals surface area contributed by atoms with Gasteiger partial charge in [0.05, 0.1) is 12.6 Å². The summed E-state index contributed by atoms with van der Waals surface area (Å²) in [5, 5.41) is 21.5. The third-order valence-corrected chi connectivity index (χ3v) is 3.52. The van der Waals surface area contributed by atoms with Crippen LogP contribution in [0.15, 0.2) is 54.6 Å². The molecule has 0 saturated heterocycles. The smallest absolute Gasteiger partial charge is 0.174 e. The highest BCUT2D eigenvalue weighted by atomic mass is 16.5. The number of ether oxygens (including phenoxy) is 1. The van der Waals surface area contributed by atoms with Crippen LogP contribution in [0.4, 0.5) is 0 Å². The van der Waals surface area contributed by atoms with E-state index < -0.39 is 0 Å². The lowest BCUT2D eigenvalue weighted by molar-refractivity contribution is 0.235. The van der Waals surface area contributed by atoms with Crippen molar-refractivity contribution in [3.05, 3.63) is 65.7 Å². The molecule has 2 N–H and O–H groups in total. The minimum atomic E-state index is -0.106. The first-order valence-electron chi connectivity index (χ1n) is 7.26. The van der Waals surface area contributed by atoms with Gasteiger partial charge in [-0.1, -0.05) is 42.5 Å². The van der Waals surface area contributed by atoms with Gasteiger partial charge in [-0.05, 0) is 30.2 Å². The van der Waals surface area contributed by atoms with Crippen LogP contribution < -0.4 is 10.1 Å². The molecule has 0 amide bonds. The number of aliphatic hydroxyl groups excluding tert-OH is 1. The third kappa shape index (κ3) is 4.32. The quantitative estimate of drug-likeness (QED) is 0.824. The Bertz CT molecular complexity index is 605. The minimum absolute atomic E-state index is 0.0394. The molecule has 2 aromatic carbocycles. The highest BCUT2D eigenvalue weighted by molar-refractivity contribution is 5.29. The number of nitrogens with zero attached hydrogens (tertiary/aromatic N) is 1. The van der Waals surface area contributed by atoms with E-state index in [1.807, 2.05) is 60.7 Å². The van der Waals surface area contributed by atoms with Crippen LogP contribution in [-0.4, -0.2) is 18.3 Å². The molecule has 4 nitrogen and oxygen atoms in total. The molecular formula is C18H20N2O2. The van der Waals surface area contributed by atoms with Crippen LogP contribution >= 0.6 is 0 Å². The van der Waals surface area contributed by atoms with Crippen LogP contribution in [0.1, 0.15) is 30.1 Å². The molecule has 2 rings (SSSR count). The molecule has 0 heterocycles. The van der Waals surface area contributed by atoms with E-state index in [-0.39, 0.29) is 25.3 Å². The lowest BCUT2D eigenvalue weighted by Gasteiger charge is -2.22. The predicted octanol–water partition coefficient (Wildman–Crippen LogP) is 2.97. The number of hydrogen-bond acceptors (Lipinski definition) is 4. The fourth-order valence-corrected chi connectivity index (χ4v) is 2.31. The average molecular weight is 296 g/mol. The summed E-state index contributed by atoms with van der Waals surface area (Å²) in [4.78, 5) is 0. The summed E-state index contributed by atoms with van der Waals surface area (Å²) in [7, 11) is 0. The summed E-state index contributed by atoms with van der Waals surface area (Å²) in [6, 6.07) is 19.4. The summed E-state index contributed by atoms with van der Waals surface area (Å²) in [5.41, 5.74) is 2.16. The van der Waals surface area contributed by atoms with Crippen LogP contribution in [0.3, 0.4) is 0 Å². The Balaban J connectivity index is 2.01. The molecule has 114 valence electrons. The van der Waals surface area contributed by atoms with Crippen LogP contribution in [0.2, 0.25) is 0 Å². The third-order valence-electron chi connectivity index (χ3n) is 3.52. The first-order chi connectivity index (χ1) is 10.7. The fourth-order valence-electron chi connectivity index (χ4n) is 2.31. The van der Waals surface area contributed by atoms with Crippen molar-refractivity contribution in [1.29, 1.82) is 5.26 Å². The van der Waals surface area contributed by atoms with E-state index in [1.165, 1.54) is 0 Å². The van der Waals surface area contributed by atoms with Crippen molar-refractivity contribution in [3.63, 3.8) is 0 Å². The maximum atomic E-state index is 9.60. The first kappa shape index (κ1) is 16.0. The van der Waals surface area contributed by atoms with Crippen LogP contribution in [-0.2, 0) is 0 Å². The van der Waals surface area contributed by atoms with Crippen LogP contribution in [0, 0.1) is 11.3 Å². The van der Waals surface area contributed by atoms with Crippen molar-refractivity contribution in [2.45, 2.75) is 19.0 Å². The van der Waals surface area contributed by atoms with E-state index in [9.17, 15) is 5.11 Å². The molecular weight excluding hydrogens is 276 g/mol. The second-order valence-corrected chi connectivity index (χ2v) is 5.05. The summed E-state index contributed by atoms with van der Waals surface area (Å²) in [5.74, 6) is 0.680. The average Bonchev–Trinajstić information content (AvgIpc) is 2.58. The van der Waals surface area contributed by atoms with Crippen molar-refractivity contribution < 1.29 is 9.84 Å². The van der Waals surface area contributed by atoms with Gasteiger partial charge in [0.25, 0.3) is 0 Å². The molecule has 0 aromatic heterocycles. The Morgan fingerprint density at radius 2 is 1.77 bits per heavy atom. The Labute approximate surface area is 131 Å². The maximum Gasteiger partial charge on any atom is 0.174 e. The molecule has 0 aliphatic heterocycles. The zero-order valence-corrected chi connectivity index (χ0v) is 12.6. The molecule has 4 heteroatoms. The summed E-state index contributed by atoms with van der Waals surface area (Å²) >= 11 is 0. The van der Waals surface area contributed by atoms with E-state index in [4.69, 9.17) is 10.00 Å². The molecule has 1 unspecified atom stereocenters. The normalized spacial score (nSPS) is 13.1. The molecule has 0 bridgehead atoms. The second-order valence-electron chi connectivity index (χ2n) is 5.05. The van der Waals surface area contributed by atoms with Crippen LogP contribution in [0.25, 0.3) is 0 Å². The summed E-state index contributed by atoms with van der Waals surface area (Å²) < 4.78 is 5.24. The second kappa shape index (κ2) is 8.18. The molecule has 22 heavy (non-hydrogen) atoms. The predicted molar refractivity (Wildman–Crippen MR) is 85.4 cm³/mol. The largest absolute Gasteiger partial charge is 0.479 e. The number of rotatable bonds is 7. The van der Waals surface area contributed by atoms with Gasteiger partial charge in [0.15, 0.2) is 6.61 Å². The monoisotopic (exact) mass is 296 g/mol. The molecule has 0 fully saturated rings. The molecule has 0 spiro atoms. The summed E-state index contributed by atoms with van der Waals surface area (Å²) in [6.45, 7) is 2.14. The number of aliphatic hydroxyl groups is 1. The minimum Gasteiger partial charge on any atom is -0.479 e. The van der Waals surface area contributed by atoms with E-state index in [0.29, 0.717) is 5.75 Å². The van der Waals surface area contributed by atoms with Crippen molar-refractivity contribution >= 4 is 0 Å². The molecule has 0 saturated carbocycles. The van der Waals surface area contributed by atoms with E-state index >= 15 is 0 Å². The van der Waals surface area contributed by atoms with Crippen molar-refractivity contribution in [3.8, 4) is 11.8 Å². The molecule has 2 atom stereocenters. The van der Waals surface area contributed by atoms with Gasteiger partial charge in [0, 0.05) is 6.04 Å². The maximum absolute atomic E-state index is 9.60. The van der Waals surface area contributed by atoms with Gasteiger partial charge in [0.2, 0.25) is 0 Å². The Morgan fingerprint density at radius 1 is 1.09 bits per heavy atom. The van der Waals surface area contributed by atoms with Crippen molar-refractivity contribution in [2.24, 2.45) is 0 Å². The van der Waals surface area contributed by atoms with E-state index in [2.05, 4.69) is 12.2 Å². The summed E-state index contributed by atoms with van der Waals surface area (Å²) in [6.07, 6.45) is 0. The first-order valence-corrected chi connectivity index (χ1v) is 7.26. The van der Waals surface area contributed by atoms with Gasteiger partial charge >= 0.3 is 0 Å². The van der Waals surface area contributed by atoms with Gasteiger partial charge in [-0.3, -0.25) is 0 Å². The van der Waals surface area contributed by atoms with Crippen molar-refractivity contribution in [2.75, 3.05) is 13.2 Å². The van der Waals surface area contributed by atoms with Gasteiger partial charge in [-0.25, -0.2) is 0 Å². The number of nitriles is 1. The Kier molecular flexibility index (Phi) is 5.96. The topological polar surface area (TPSA) is 65.3 Å². The van der Waals surface area contributed by atoms with Gasteiger partial charge in [-0.2, -0.15) is 5.26 Å². The lowest BCUT2D eigenvalue weighted by atomic mass is 10.0. The standard InChI is InChI=1S/C18H20N2O2/c1-14(15-7-9-17(10-8-15)22-12-11-19)20-18(13-21)16-5-3-2-4-6-16/h2-10,14,18,20-21H,12-13H2,1H3/t14?,18-/m1/s1. The van der Waals surface area contributed by atoms with Crippen LogP contribution in [0.5, 0.6) is 5.75 Å². The molecule has 0 aliphatic rings. The zero-order valence-electron chi connectivity index (χ0n) is 12.6. The van der Waals surface area contributed by atoms with Gasteiger partial charge in [-0.15, -0.1) is 0 Å². The van der Waals surface area contributed by atoms with E-state index in [0.717, 1.165) is 11.1 Å². The number of nitrogens with one attached hydrogen (secondary N) is 1. The number of hydrogen-bond donors (Lipinski definition) is 2. The fraction of sp³-hybridized carbons (Fsp3) is 0.278.